The molecule has 3 atom stereocenters. The number of pyridine rings is 1. The number of aromatic amines is 1. The minimum Gasteiger partial charge on any atom is -0.490 e. The van der Waals surface area contributed by atoms with Crippen LogP contribution in [0.15, 0.2) is 59.9 Å². The monoisotopic (exact) mass is 1200 g/mol. The lowest BCUT2D eigenvalue weighted by molar-refractivity contribution is -0.140. The summed E-state index contributed by atoms with van der Waals surface area (Å²) in [4.78, 5) is 65.2. The fourth-order valence-corrected chi connectivity index (χ4v) is 12.0. The number of carbonyl (C=O) groups excluding carboxylic acids is 3. The molecule has 3 aliphatic rings. The topological polar surface area (TPSA) is 236 Å². The van der Waals surface area contributed by atoms with Gasteiger partial charge in [-0.1, -0.05) is 26.0 Å². The van der Waals surface area contributed by atoms with Crippen LogP contribution in [0.25, 0.3) is 10.9 Å². The van der Waals surface area contributed by atoms with Crippen molar-refractivity contribution in [3.05, 3.63) is 88.9 Å². The molecule has 0 bridgehead atoms. The highest BCUT2D eigenvalue weighted by Gasteiger charge is 2.43. The number of aryl methyl sites for hydroxylation is 1. The number of rotatable bonds is 24. The fraction of sp³-hybridized carbons (Fsp3) is 0.590. The Morgan fingerprint density at radius 3 is 2.08 bits per heavy atom. The van der Waals surface area contributed by atoms with E-state index in [1.807, 2.05) is 63.6 Å². The molecule has 3 aliphatic heterocycles. The van der Waals surface area contributed by atoms with Crippen LogP contribution in [0, 0.1) is 19.7 Å². The number of nitrogens with one attached hydrogen (secondary N) is 2. The molecule has 85 heavy (non-hydrogen) atoms. The van der Waals surface area contributed by atoms with Crippen LogP contribution in [0.4, 0.5) is 26.5 Å². The van der Waals surface area contributed by atoms with E-state index in [2.05, 4.69) is 56.1 Å². The summed E-state index contributed by atoms with van der Waals surface area (Å²) in [5.74, 6) is 0.697. The molecule has 0 aliphatic carbocycles. The Kier molecular flexibility index (Phi) is 20.9. The molecule has 0 radical (unpaired) electrons. The molecule has 0 spiro atoms. The number of carbonyl (C=O) groups is 3. The molecule has 3 amide bonds. The summed E-state index contributed by atoms with van der Waals surface area (Å²) >= 11 is 0. The molecule has 22 nitrogen and oxygen atoms in total. The summed E-state index contributed by atoms with van der Waals surface area (Å²) in [7, 11) is -3.86. The molecule has 2 fully saturated rings. The zero-order chi connectivity index (χ0) is 61.4. The molecule has 2 aromatic carbocycles. The Morgan fingerprint density at radius 1 is 0.776 bits per heavy atom. The number of aromatic nitrogens is 5. The minimum absolute atomic E-state index is 0.0110. The third kappa shape index (κ3) is 16.4. The van der Waals surface area contributed by atoms with E-state index in [-0.39, 0.29) is 104 Å². The second-order valence-electron chi connectivity index (χ2n) is 25.0. The highest BCUT2D eigenvalue weighted by atomic mass is 32.2. The molecule has 0 saturated carbocycles. The first-order valence-electron chi connectivity index (χ1n) is 29.2. The van der Waals surface area contributed by atoms with Crippen LogP contribution < -0.4 is 15.0 Å². The van der Waals surface area contributed by atoms with Crippen molar-refractivity contribution in [2.24, 2.45) is 0 Å². The van der Waals surface area contributed by atoms with Crippen LogP contribution in [0.2, 0.25) is 0 Å². The summed E-state index contributed by atoms with van der Waals surface area (Å²) in [6.07, 6.45) is 3.40. The average Bonchev–Trinajstić information content (AvgIpc) is 1.95. The summed E-state index contributed by atoms with van der Waals surface area (Å²) in [5.41, 5.74) is 4.76. The van der Waals surface area contributed by atoms with Crippen LogP contribution >= 0.6 is 0 Å². The van der Waals surface area contributed by atoms with Crippen molar-refractivity contribution in [3.8, 4) is 5.75 Å². The molecule has 3 aromatic heterocycles. The van der Waals surface area contributed by atoms with Gasteiger partial charge in [-0.15, -0.1) is 0 Å². The van der Waals surface area contributed by atoms with Crippen molar-refractivity contribution in [2.45, 2.75) is 128 Å². The molecule has 6 heterocycles. The van der Waals surface area contributed by atoms with Crippen molar-refractivity contribution in [1.82, 2.24) is 44.7 Å². The number of amides is 3. The van der Waals surface area contributed by atoms with E-state index in [0.29, 0.717) is 94.6 Å². The standard InChI is InChI=1S/C61H86FN11O11S/c1-40-32-70(54(75)37-82-24-23-80-20-19-79-21-22-81-25-26-83-51-30-49-48(29-52(51)85(77,78)60(8,9)10)57(65-39-64-49)66-56-42(3)43(4)67-68-56)18-17-69(40)34-47-35-72(58(76)84-59(5,6)7)41(2)33-71(47)36-53(74)73-38-61(11,12)55-50(73)28-45(31-63-55)27-44-13-15-46(62)16-14-44/h13-16,28-31,39-41,47H,17-27,32-38H2,1-12H3,(H2,64,65,66,67,68)/t40?,41-,47+/m1/s1. The number of piperazine rings is 2. The van der Waals surface area contributed by atoms with Gasteiger partial charge in [0, 0.05) is 98.3 Å². The zero-order valence-corrected chi connectivity index (χ0v) is 52.3. The molecular weight excluding hydrogens is 1110 g/mol. The van der Waals surface area contributed by atoms with E-state index in [4.69, 9.17) is 33.4 Å². The Balaban J connectivity index is 0.744. The average molecular weight is 1200 g/mol. The summed E-state index contributed by atoms with van der Waals surface area (Å²) in [6.45, 7) is 28.1. The Hall–Kier alpha value is -6.41. The van der Waals surface area contributed by atoms with Crippen LogP contribution in [-0.2, 0) is 54.9 Å². The maximum Gasteiger partial charge on any atom is 0.410 e. The number of sulfone groups is 1. The number of halogens is 1. The number of fused-ring (bicyclic) bond motifs is 2. The molecule has 2 N–H and O–H groups in total. The van der Waals surface area contributed by atoms with Crippen molar-refractivity contribution < 1.29 is 55.6 Å². The summed E-state index contributed by atoms with van der Waals surface area (Å²) < 4.78 is 74.9. The minimum atomic E-state index is -3.86. The van der Waals surface area contributed by atoms with Gasteiger partial charge in [-0.25, -0.2) is 27.6 Å². The number of anilines is 3. The largest absolute Gasteiger partial charge is 0.490 e. The predicted molar refractivity (Wildman–Crippen MR) is 321 cm³/mol. The van der Waals surface area contributed by atoms with Crippen molar-refractivity contribution in [2.75, 3.05) is 122 Å². The van der Waals surface area contributed by atoms with Gasteiger partial charge in [0.05, 0.1) is 74.4 Å². The van der Waals surface area contributed by atoms with Crippen LogP contribution in [0.5, 0.6) is 5.75 Å². The Bertz CT molecular complexity index is 3240. The van der Waals surface area contributed by atoms with Gasteiger partial charge in [-0.2, -0.15) is 5.10 Å². The third-order valence-corrected chi connectivity index (χ3v) is 18.1. The number of benzene rings is 2. The highest BCUT2D eigenvalue weighted by molar-refractivity contribution is 7.92. The predicted octanol–water partition coefficient (Wildman–Crippen LogP) is 7.02. The molecule has 8 rings (SSSR count). The number of hydrogen-bond acceptors (Lipinski definition) is 18. The second-order valence-corrected chi connectivity index (χ2v) is 27.6. The second kappa shape index (κ2) is 27.5. The maximum atomic E-state index is 14.6. The van der Waals surface area contributed by atoms with Gasteiger partial charge in [0.25, 0.3) is 0 Å². The van der Waals surface area contributed by atoms with Crippen molar-refractivity contribution >= 4 is 56.0 Å². The molecular formula is C61H86FN11O11S. The molecule has 5 aromatic rings. The molecule has 464 valence electrons. The quantitative estimate of drug-likeness (QED) is 0.0590. The molecule has 2 saturated heterocycles. The first-order valence-corrected chi connectivity index (χ1v) is 30.7. The van der Waals surface area contributed by atoms with Gasteiger partial charge in [0.15, 0.2) is 15.7 Å². The van der Waals surface area contributed by atoms with E-state index in [1.54, 1.807) is 49.9 Å². The Morgan fingerprint density at radius 2 is 1.45 bits per heavy atom. The number of nitrogens with zero attached hydrogens (tertiary/aromatic N) is 9. The van der Waals surface area contributed by atoms with E-state index in [0.717, 1.165) is 33.8 Å². The SMILES string of the molecule is Cc1[nH]nc(Nc2ncnc3cc(OCCOCCOCCOCCOCC(=O)N4CCN(C[C@H]5CN(C(=O)OC(C)(C)C)[C@H](C)CN5CC(=O)N5CC(C)(C)c6ncc(Cc7ccc(F)cc7)cc65)C(C)C4)c(S(=O)(=O)C(C)(C)C)cc23)c1C. The third-order valence-electron chi connectivity index (χ3n) is 15.6. The van der Waals surface area contributed by atoms with Gasteiger partial charge in [-0.3, -0.25) is 29.5 Å². The lowest BCUT2D eigenvalue weighted by Crippen LogP contribution is -2.65. The summed E-state index contributed by atoms with van der Waals surface area (Å²) in [6, 6.07) is 11.2. The number of hydrogen-bond donors (Lipinski definition) is 2. The smallest absolute Gasteiger partial charge is 0.410 e. The van der Waals surface area contributed by atoms with E-state index in [9.17, 15) is 27.2 Å². The zero-order valence-electron chi connectivity index (χ0n) is 51.5. The van der Waals surface area contributed by atoms with Crippen molar-refractivity contribution in [1.29, 1.82) is 0 Å². The summed E-state index contributed by atoms with van der Waals surface area (Å²) in [5, 5.41) is 10.9. The van der Waals surface area contributed by atoms with Crippen LogP contribution in [0.3, 0.4) is 0 Å². The van der Waals surface area contributed by atoms with Gasteiger partial charge in [-0.05, 0) is 111 Å². The first kappa shape index (κ1) is 64.6. The highest BCUT2D eigenvalue weighted by Crippen LogP contribution is 2.41. The first-order chi connectivity index (χ1) is 40.2. The van der Waals surface area contributed by atoms with Gasteiger partial charge < -0.3 is 48.4 Å². The lowest BCUT2D eigenvalue weighted by Gasteiger charge is -2.48. The lowest BCUT2D eigenvalue weighted by atomic mass is 9.91. The molecule has 1 unspecified atom stereocenters. The maximum absolute atomic E-state index is 14.6. The van der Waals surface area contributed by atoms with Crippen LogP contribution in [0.1, 0.15) is 97.3 Å². The van der Waals surface area contributed by atoms with E-state index < -0.39 is 20.2 Å². The van der Waals surface area contributed by atoms with Crippen molar-refractivity contribution in [3.63, 3.8) is 0 Å². The van der Waals surface area contributed by atoms with Gasteiger partial charge >= 0.3 is 6.09 Å². The normalized spacial score (nSPS) is 18.7. The van der Waals surface area contributed by atoms with Gasteiger partial charge in [0.1, 0.15) is 47.4 Å². The molecule has 24 heteroatoms. The van der Waals surface area contributed by atoms with E-state index >= 15 is 0 Å². The van der Waals surface area contributed by atoms with Crippen LogP contribution in [-0.4, -0.2) is 211 Å². The van der Waals surface area contributed by atoms with E-state index in [1.165, 1.54) is 18.5 Å². The Labute approximate surface area is 499 Å². The van der Waals surface area contributed by atoms with Gasteiger partial charge in [0.2, 0.25) is 11.8 Å². The number of H-pyrrole nitrogens is 1. The number of ether oxygens (including phenoxy) is 6. The fourth-order valence-electron chi connectivity index (χ4n) is 10.7.